The molecule has 1 N–H and O–H groups in total. The first kappa shape index (κ1) is 22.2. The summed E-state index contributed by atoms with van der Waals surface area (Å²) in [6.07, 6.45) is 0. The van der Waals surface area contributed by atoms with E-state index in [-0.39, 0.29) is 17.7 Å². The zero-order valence-electron chi connectivity index (χ0n) is 16.2. The van der Waals surface area contributed by atoms with Gasteiger partial charge in [-0.3, -0.25) is 9.59 Å². The number of rotatable bonds is 4. The molecule has 0 aromatic heterocycles. The number of nitrogens with zero attached hydrogens (tertiary/aromatic N) is 2. The average Bonchev–Trinajstić information content (AvgIpc) is 2.69. The molecule has 29 heavy (non-hydrogen) atoms. The van der Waals surface area contributed by atoms with E-state index in [1.807, 2.05) is 30.9 Å². The SMILES string of the molecule is CC(C)C(=O)N1CCN(c2c(Cl)cccc2NC(=O)c2cc(I)ccc2Cl)CC1. The van der Waals surface area contributed by atoms with Crippen LogP contribution in [-0.2, 0) is 4.79 Å². The number of hydrogen-bond donors (Lipinski definition) is 1. The monoisotopic (exact) mass is 545 g/mol. The Hall–Kier alpha value is -1.51. The molecule has 8 heteroatoms. The number of carbonyl (C=O) groups is 2. The van der Waals surface area contributed by atoms with Gasteiger partial charge in [-0.05, 0) is 52.9 Å². The summed E-state index contributed by atoms with van der Waals surface area (Å²) in [4.78, 5) is 29.1. The molecule has 0 spiro atoms. The molecule has 0 atom stereocenters. The van der Waals surface area contributed by atoms with Crippen LogP contribution in [0.2, 0.25) is 10.0 Å². The lowest BCUT2D eigenvalue weighted by molar-refractivity contribution is -0.134. The molecule has 2 aromatic carbocycles. The van der Waals surface area contributed by atoms with E-state index in [9.17, 15) is 9.59 Å². The normalized spacial score (nSPS) is 14.3. The number of nitrogens with one attached hydrogen (secondary N) is 1. The van der Waals surface area contributed by atoms with Crippen LogP contribution in [0, 0.1) is 9.49 Å². The van der Waals surface area contributed by atoms with Gasteiger partial charge in [-0.25, -0.2) is 0 Å². The van der Waals surface area contributed by atoms with Gasteiger partial charge in [0, 0.05) is 35.7 Å². The number of halogens is 3. The molecular formula is C21H22Cl2IN3O2. The number of amides is 2. The van der Waals surface area contributed by atoms with Crippen LogP contribution in [-0.4, -0.2) is 42.9 Å². The fourth-order valence-electron chi connectivity index (χ4n) is 3.31. The average molecular weight is 546 g/mol. The molecule has 0 aliphatic carbocycles. The molecular weight excluding hydrogens is 524 g/mol. The van der Waals surface area contributed by atoms with Crippen molar-refractivity contribution in [3.63, 3.8) is 0 Å². The van der Waals surface area contributed by atoms with Gasteiger partial charge < -0.3 is 15.1 Å². The van der Waals surface area contributed by atoms with Gasteiger partial charge >= 0.3 is 0 Å². The van der Waals surface area contributed by atoms with Gasteiger partial charge in [0.15, 0.2) is 0 Å². The maximum atomic E-state index is 12.8. The van der Waals surface area contributed by atoms with E-state index >= 15 is 0 Å². The highest BCUT2D eigenvalue weighted by Crippen LogP contribution is 2.35. The van der Waals surface area contributed by atoms with E-state index in [1.165, 1.54) is 0 Å². The van der Waals surface area contributed by atoms with Gasteiger partial charge in [0.2, 0.25) is 5.91 Å². The minimum absolute atomic E-state index is 0.0184. The van der Waals surface area contributed by atoms with Gasteiger partial charge in [-0.1, -0.05) is 43.1 Å². The van der Waals surface area contributed by atoms with Gasteiger partial charge in [0.25, 0.3) is 5.91 Å². The Bertz CT molecular complexity index is 928. The Labute approximate surface area is 194 Å². The van der Waals surface area contributed by atoms with Crippen LogP contribution in [0.3, 0.4) is 0 Å². The van der Waals surface area contributed by atoms with Gasteiger partial charge in [0.05, 0.1) is 27.0 Å². The van der Waals surface area contributed by atoms with E-state index in [0.29, 0.717) is 47.5 Å². The number of benzene rings is 2. The lowest BCUT2D eigenvalue weighted by Gasteiger charge is -2.38. The van der Waals surface area contributed by atoms with E-state index in [1.54, 1.807) is 24.3 Å². The highest BCUT2D eigenvalue weighted by Gasteiger charge is 2.26. The number of carbonyl (C=O) groups excluding carboxylic acids is 2. The summed E-state index contributed by atoms with van der Waals surface area (Å²) in [5, 5.41) is 3.90. The van der Waals surface area contributed by atoms with Gasteiger partial charge in [-0.15, -0.1) is 0 Å². The van der Waals surface area contributed by atoms with E-state index in [2.05, 4.69) is 32.8 Å². The molecule has 0 unspecified atom stereocenters. The Kier molecular flexibility index (Phi) is 7.29. The quantitative estimate of drug-likeness (QED) is 0.540. The minimum Gasteiger partial charge on any atom is -0.365 e. The Morgan fingerprint density at radius 3 is 2.38 bits per heavy atom. The summed E-state index contributed by atoms with van der Waals surface area (Å²) in [5.41, 5.74) is 1.80. The van der Waals surface area contributed by atoms with Crippen LogP contribution in [0.4, 0.5) is 11.4 Å². The van der Waals surface area contributed by atoms with Crippen LogP contribution < -0.4 is 10.2 Å². The third-order valence-corrected chi connectivity index (χ3v) is 6.12. The van der Waals surface area contributed by atoms with Gasteiger partial charge in [0.1, 0.15) is 0 Å². The maximum absolute atomic E-state index is 12.8. The lowest BCUT2D eigenvalue weighted by atomic mass is 10.1. The van der Waals surface area contributed by atoms with Crippen molar-refractivity contribution in [2.45, 2.75) is 13.8 Å². The van der Waals surface area contributed by atoms with Crippen LogP contribution in [0.15, 0.2) is 36.4 Å². The largest absolute Gasteiger partial charge is 0.365 e. The van der Waals surface area contributed by atoms with E-state index in [4.69, 9.17) is 23.2 Å². The van der Waals surface area contributed by atoms with Crippen LogP contribution >= 0.6 is 45.8 Å². The Balaban J connectivity index is 1.81. The molecule has 1 aliphatic heterocycles. The predicted octanol–water partition coefficient (Wildman–Crippen LogP) is 5.15. The van der Waals surface area contributed by atoms with Crippen molar-refractivity contribution in [1.29, 1.82) is 0 Å². The molecule has 1 fully saturated rings. The van der Waals surface area contributed by atoms with Crippen molar-refractivity contribution >= 4 is 69.0 Å². The fourth-order valence-corrected chi connectivity index (χ4v) is 4.30. The molecule has 0 bridgehead atoms. The van der Waals surface area contributed by atoms with E-state index in [0.717, 1.165) is 9.26 Å². The second-order valence-electron chi connectivity index (χ2n) is 7.18. The first-order valence-electron chi connectivity index (χ1n) is 9.36. The zero-order valence-corrected chi connectivity index (χ0v) is 19.9. The molecule has 1 heterocycles. The summed E-state index contributed by atoms with van der Waals surface area (Å²) in [7, 11) is 0. The molecule has 0 radical (unpaired) electrons. The standard InChI is InChI=1S/C21H22Cl2IN3O2/c1-13(2)21(29)27-10-8-26(9-11-27)19-17(23)4-3-5-18(19)25-20(28)15-12-14(24)6-7-16(15)22/h3-7,12-13H,8-11H2,1-2H3,(H,25,28). The maximum Gasteiger partial charge on any atom is 0.257 e. The number of hydrogen-bond acceptors (Lipinski definition) is 3. The Morgan fingerprint density at radius 1 is 1.03 bits per heavy atom. The Morgan fingerprint density at radius 2 is 1.72 bits per heavy atom. The number of para-hydroxylation sites is 1. The predicted molar refractivity (Wildman–Crippen MR) is 127 cm³/mol. The van der Waals surface area contributed by atoms with Crippen molar-refractivity contribution in [3.05, 3.63) is 55.6 Å². The van der Waals surface area contributed by atoms with Crippen molar-refractivity contribution in [2.24, 2.45) is 5.92 Å². The molecule has 3 rings (SSSR count). The molecule has 1 aliphatic rings. The molecule has 0 saturated carbocycles. The fraction of sp³-hybridized carbons (Fsp3) is 0.333. The number of piperazine rings is 1. The van der Waals surface area contributed by atoms with Crippen molar-refractivity contribution < 1.29 is 9.59 Å². The molecule has 2 amide bonds. The highest BCUT2D eigenvalue weighted by molar-refractivity contribution is 14.1. The van der Waals surface area contributed by atoms with E-state index < -0.39 is 0 Å². The van der Waals surface area contributed by atoms with Crippen molar-refractivity contribution in [3.8, 4) is 0 Å². The van der Waals surface area contributed by atoms with Crippen molar-refractivity contribution in [2.75, 3.05) is 36.4 Å². The molecule has 2 aromatic rings. The lowest BCUT2D eigenvalue weighted by Crippen LogP contribution is -2.50. The second kappa shape index (κ2) is 9.53. The van der Waals surface area contributed by atoms with Crippen LogP contribution in [0.5, 0.6) is 0 Å². The number of anilines is 2. The first-order valence-corrected chi connectivity index (χ1v) is 11.2. The summed E-state index contributed by atoms with van der Waals surface area (Å²) < 4.78 is 0.925. The van der Waals surface area contributed by atoms with Gasteiger partial charge in [-0.2, -0.15) is 0 Å². The summed E-state index contributed by atoms with van der Waals surface area (Å²) >= 11 is 14.9. The zero-order chi connectivity index (χ0) is 21.1. The third kappa shape index (κ3) is 5.16. The molecule has 5 nitrogen and oxygen atoms in total. The minimum atomic E-state index is -0.286. The topological polar surface area (TPSA) is 52.7 Å². The third-order valence-electron chi connectivity index (χ3n) is 4.81. The van der Waals surface area contributed by atoms with Crippen LogP contribution in [0.1, 0.15) is 24.2 Å². The smallest absolute Gasteiger partial charge is 0.257 e. The van der Waals surface area contributed by atoms with Crippen LogP contribution in [0.25, 0.3) is 0 Å². The van der Waals surface area contributed by atoms with Crippen molar-refractivity contribution in [1.82, 2.24) is 4.90 Å². The molecule has 1 saturated heterocycles. The summed E-state index contributed by atoms with van der Waals surface area (Å²) in [6.45, 7) is 6.36. The highest BCUT2D eigenvalue weighted by atomic mass is 127. The summed E-state index contributed by atoms with van der Waals surface area (Å²) in [5.74, 6) is -0.147. The summed E-state index contributed by atoms with van der Waals surface area (Å²) in [6, 6.07) is 10.7. The first-order chi connectivity index (χ1) is 13.8. The molecule has 154 valence electrons. The second-order valence-corrected chi connectivity index (χ2v) is 9.24.